The van der Waals surface area contributed by atoms with Crippen molar-refractivity contribution >= 4 is 33.0 Å². The van der Waals surface area contributed by atoms with Crippen molar-refractivity contribution < 1.29 is 0 Å². The highest BCUT2D eigenvalue weighted by atomic mass is 79.9. The first-order valence-electron chi connectivity index (χ1n) is 6.14. The van der Waals surface area contributed by atoms with Crippen LogP contribution in [-0.4, -0.2) is 19.1 Å². The molecule has 0 amide bonds. The second-order valence-electron chi connectivity index (χ2n) is 4.60. The van der Waals surface area contributed by atoms with E-state index in [-0.39, 0.29) is 0 Å². The first kappa shape index (κ1) is 14.5. The number of rotatable bonds is 5. The molecule has 0 aliphatic rings. The van der Waals surface area contributed by atoms with Gasteiger partial charge in [0.15, 0.2) is 0 Å². The fourth-order valence-electron chi connectivity index (χ4n) is 2.04. The monoisotopic (exact) mass is 339 g/mol. The molecule has 102 valence electrons. The molecule has 1 N–H and O–H groups in total. The minimum Gasteiger partial charge on any atom is -0.370 e. The summed E-state index contributed by atoms with van der Waals surface area (Å²) in [7, 11) is 4.08. The zero-order valence-electron chi connectivity index (χ0n) is 11.4. The summed E-state index contributed by atoms with van der Waals surface area (Å²) in [5.74, 6) is 0. The lowest BCUT2D eigenvalue weighted by Crippen LogP contribution is -2.20. The molecule has 0 atom stereocenters. The minimum absolute atomic E-state index is 0.834. The normalized spacial score (nSPS) is 10.7. The third-order valence-corrected chi connectivity index (χ3v) is 4.47. The third kappa shape index (κ3) is 3.78. The van der Waals surface area contributed by atoms with Gasteiger partial charge in [0.2, 0.25) is 0 Å². The molecule has 2 rings (SSSR count). The second-order valence-corrected chi connectivity index (χ2v) is 6.89. The van der Waals surface area contributed by atoms with E-state index in [0.717, 1.165) is 18.8 Å². The van der Waals surface area contributed by atoms with Gasteiger partial charge in [0, 0.05) is 43.3 Å². The maximum absolute atomic E-state index is 4.38. The van der Waals surface area contributed by atoms with Gasteiger partial charge in [0.05, 0.1) is 3.79 Å². The maximum atomic E-state index is 4.38. The number of aryl methyl sites for hydroxylation is 1. The van der Waals surface area contributed by atoms with Crippen molar-refractivity contribution in [2.75, 3.05) is 19.0 Å². The highest BCUT2D eigenvalue weighted by Crippen LogP contribution is 2.25. The summed E-state index contributed by atoms with van der Waals surface area (Å²) >= 11 is 5.23. The topological polar surface area (TPSA) is 28.2 Å². The van der Waals surface area contributed by atoms with Gasteiger partial charge in [-0.3, -0.25) is 4.98 Å². The first-order chi connectivity index (χ1) is 9.10. The van der Waals surface area contributed by atoms with Crippen LogP contribution in [0.3, 0.4) is 0 Å². The molecule has 0 aromatic carbocycles. The van der Waals surface area contributed by atoms with Crippen LogP contribution >= 0.6 is 27.3 Å². The number of thiophene rings is 1. The van der Waals surface area contributed by atoms with Gasteiger partial charge in [0.25, 0.3) is 0 Å². The zero-order valence-corrected chi connectivity index (χ0v) is 13.8. The molecule has 0 spiro atoms. The van der Waals surface area contributed by atoms with Gasteiger partial charge in [-0.05, 0) is 53.0 Å². The summed E-state index contributed by atoms with van der Waals surface area (Å²) in [6, 6.07) is 4.32. The molecular weight excluding hydrogens is 322 g/mol. The number of anilines is 1. The van der Waals surface area contributed by atoms with Crippen LogP contribution in [-0.2, 0) is 13.1 Å². The number of nitrogens with one attached hydrogen (secondary N) is 1. The molecule has 0 aliphatic carbocycles. The quantitative estimate of drug-likeness (QED) is 0.902. The number of hydrogen-bond acceptors (Lipinski definition) is 4. The predicted molar refractivity (Wildman–Crippen MR) is 85.9 cm³/mol. The van der Waals surface area contributed by atoms with E-state index >= 15 is 0 Å². The van der Waals surface area contributed by atoms with E-state index in [9.17, 15) is 0 Å². The number of halogens is 1. The molecule has 2 aromatic heterocycles. The lowest BCUT2D eigenvalue weighted by atomic mass is 10.1. The molecule has 2 aromatic rings. The Morgan fingerprint density at radius 2 is 2.21 bits per heavy atom. The molecule has 19 heavy (non-hydrogen) atoms. The van der Waals surface area contributed by atoms with Crippen LogP contribution in [0, 0.1) is 6.92 Å². The fourth-order valence-corrected chi connectivity index (χ4v) is 3.24. The maximum Gasteiger partial charge on any atom is 0.0701 e. The van der Waals surface area contributed by atoms with Crippen molar-refractivity contribution in [3.8, 4) is 0 Å². The van der Waals surface area contributed by atoms with Crippen LogP contribution in [0.25, 0.3) is 0 Å². The van der Waals surface area contributed by atoms with E-state index in [2.05, 4.69) is 55.7 Å². The molecule has 0 aliphatic heterocycles. The van der Waals surface area contributed by atoms with Crippen molar-refractivity contribution in [1.82, 2.24) is 10.3 Å². The summed E-state index contributed by atoms with van der Waals surface area (Å²) in [5, 5.41) is 5.38. The van der Waals surface area contributed by atoms with Crippen molar-refractivity contribution in [2.45, 2.75) is 20.0 Å². The Bertz CT molecular complexity index is 553. The summed E-state index contributed by atoms with van der Waals surface area (Å²) in [6.45, 7) is 3.77. The molecular formula is C14H18BrN3S. The Labute approximate surface area is 126 Å². The SMILES string of the molecule is CNCc1cnc(C)cc1N(C)Cc1csc(Br)c1. The fraction of sp³-hybridized carbons (Fsp3) is 0.357. The van der Waals surface area contributed by atoms with E-state index in [4.69, 9.17) is 0 Å². The van der Waals surface area contributed by atoms with Crippen molar-refractivity contribution in [2.24, 2.45) is 0 Å². The van der Waals surface area contributed by atoms with E-state index in [1.807, 2.05) is 20.2 Å². The summed E-state index contributed by atoms with van der Waals surface area (Å²) in [4.78, 5) is 6.65. The summed E-state index contributed by atoms with van der Waals surface area (Å²) in [5.41, 5.74) is 4.84. The zero-order chi connectivity index (χ0) is 13.8. The Morgan fingerprint density at radius 3 is 2.84 bits per heavy atom. The Balaban J connectivity index is 2.21. The third-order valence-electron chi connectivity index (χ3n) is 2.92. The highest BCUT2D eigenvalue weighted by Gasteiger charge is 2.09. The van der Waals surface area contributed by atoms with Gasteiger partial charge in [-0.2, -0.15) is 0 Å². The lowest BCUT2D eigenvalue weighted by Gasteiger charge is -2.22. The second kappa shape index (κ2) is 6.50. The van der Waals surface area contributed by atoms with Crippen LogP contribution in [0.1, 0.15) is 16.8 Å². The number of nitrogens with zero attached hydrogens (tertiary/aromatic N) is 2. The molecule has 2 heterocycles. The predicted octanol–water partition coefficient (Wildman–Crippen LogP) is 3.57. The van der Waals surface area contributed by atoms with Crippen LogP contribution in [0.15, 0.2) is 27.5 Å². The van der Waals surface area contributed by atoms with Gasteiger partial charge >= 0.3 is 0 Å². The van der Waals surface area contributed by atoms with Gasteiger partial charge in [-0.25, -0.2) is 0 Å². The van der Waals surface area contributed by atoms with Crippen LogP contribution in [0.2, 0.25) is 0 Å². The highest BCUT2D eigenvalue weighted by molar-refractivity contribution is 9.11. The van der Waals surface area contributed by atoms with E-state index in [1.54, 1.807) is 11.3 Å². The molecule has 0 radical (unpaired) electrons. The van der Waals surface area contributed by atoms with E-state index in [0.29, 0.717) is 0 Å². The number of aromatic nitrogens is 1. The molecule has 0 fully saturated rings. The Kier molecular flexibility index (Phi) is 4.96. The molecule has 3 nitrogen and oxygen atoms in total. The number of hydrogen-bond donors (Lipinski definition) is 1. The van der Waals surface area contributed by atoms with Crippen molar-refractivity contribution in [3.05, 3.63) is 44.3 Å². The van der Waals surface area contributed by atoms with Crippen molar-refractivity contribution in [1.29, 1.82) is 0 Å². The lowest BCUT2D eigenvalue weighted by molar-refractivity contribution is 0.799. The smallest absolute Gasteiger partial charge is 0.0701 e. The molecule has 5 heteroatoms. The van der Waals surface area contributed by atoms with Crippen molar-refractivity contribution in [3.63, 3.8) is 0 Å². The summed E-state index contributed by atoms with van der Waals surface area (Å²) in [6.07, 6.45) is 1.96. The average molecular weight is 340 g/mol. The minimum atomic E-state index is 0.834. The van der Waals surface area contributed by atoms with Gasteiger partial charge < -0.3 is 10.2 Å². The first-order valence-corrected chi connectivity index (χ1v) is 7.81. The van der Waals surface area contributed by atoms with Gasteiger partial charge in [-0.15, -0.1) is 11.3 Å². The Hall–Kier alpha value is -0.910. The van der Waals surface area contributed by atoms with Crippen LogP contribution < -0.4 is 10.2 Å². The summed E-state index contributed by atoms with van der Waals surface area (Å²) < 4.78 is 1.18. The standard InChI is InChI=1S/C14H18BrN3S/c1-10-4-13(12(6-16-2)7-17-10)18(3)8-11-5-14(15)19-9-11/h4-5,7,9,16H,6,8H2,1-3H3. The Morgan fingerprint density at radius 1 is 1.42 bits per heavy atom. The number of pyridine rings is 1. The largest absolute Gasteiger partial charge is 0.370 e. The van der Waals surface area contributed by atoms with Crippen LogP contribution in [0.5, 0.6) is 0 Å². The van der Waals surface area contributed by atoms with E-state index < -0.39 is 0 Å². The molecule has 0 saturated heterocycles. The van der Waals surface area contributed by atoms with E-state index in [1.165, 1.54) is 20.6 Å². The molecule has 0 saturated carbocycles. The molecule has 0 bridgehead atoms. The average Bonchev–Trinajstić information content (AvgIpc) is 2.77. The van der Waals surface area contributed by atoms with Gasteiger partial charge in [0.1, 0.15) is 0 Å². The van der Waals surface area contributed by atoms with Crippen LogP contribution in [0.4, 0.5) is 5.69 Å². The van der Waals surface area contributed by atoms with Gasteiger partial charge in [-0.1, -0.05) is 0 Å². The molecule has 0 unspecified atom stereocenters.